The van der Waals surface area contributed by atoms with Gasteiger partial charge in [-0.15, -0.1) is 0 Å². The van der Waals surface area contributed by atoms with Crippen LogP contribution in [0, 0.1) is 0 Å². The number of carbonyl (C=O) groups is 1. The van der Waals surface area contributed by atoms with Crippen molar-refractivity contribution in [1.29, 1.82) is 0 Å². The molecule has 2 aromatic carbocycles. The number of aromatic carboxylic acids is 1. The summed E-state index contributed by atoms with van der Waals surface area (Å²) in [5.74, 6) is -1.14. The minimum absolute atomic E-state index is 0.108. The van der Waals surface area contributed by atoms with Crippen molar-refractivity contribution in [2.45, 2.75) is 11.3 Å². The predicted molar refractivity (Wildman–Crippen MR) is 85.3 cm³/mol. The summed E-state index contributed by atoms with van der Waals surface area (Å²) in [6, 6.07) is 13.2. The molecule has 0 heterocycles. The standard InChI is InChI=1S/C16H17NO5S/c1-22-15-8-7-13(11-14(15)16(18)19)23(20,21)17-10-9-12-5-3-2-4-6-12/h2-8,11,17H,9-10H2,1H3,(H,18,19). The van der Waals surface area contributed by atoms with Crippen LogP contribution in [-0.4, -0.2) is 33.1 Å². The third-order valence-electron chi connectivity index (χ3n) is 3.26. The zero-order valence-corrected chi connectivity index (χ0v) is 13.3. The summed E-state index contributed by atoms with van der Waals surface area (Å²) in [6.45, 7) is 0.223. The normalized spacial score (nSPS) is 11.2. The van der Waals surface area contributed by atoms with Gasteiger partial charge in [0.2, 0.25) is 10.0 Å². The molecule has 0 aliphatic carbocycles. The van der Waals surface area contributed by atoms with Gasteiger partial charge >= 0.3 is 5.97 Å². The van der Waals surface area contributed by atoms with Crippen molar-refractivity contribution in [3.8, 4) is 5.75 Å². The summed E-state index contributed by atoms with van der Waals surface area (Å²) in [5, 5.41) is 9.12. The van der Waals surface area contributed by atoms with Crippen molar-refractivity contribution in [2.75, 3.05) is 13.7 Å². The van der Waals surface area contributed by atoms with E-state index in [2.05, 4.69) is 4.72 Å². The molecule has 0 saturated heterocycles. The van der Waals surface area contributed by atoms with E-state index in [1.165, 1.54) is 19.2 Å². The summed E-state index contributed by atoms with van der Waals surface area (Å²) in [5.41, 5.74) is 0.814. The summed E-state index contributed by atoms with van der Waals surface area (Å²) >= 11 is 0. The van der Waals surface area contributed by atoms with Gasteiger partial charge in [0, 0.05) is 6.54 Å². The molecule has 0 aliphatic rings. The van der Waals surface area contributed by atoms with Crippen LogP contribution < -0.4 is 9.46 Å². The van der Waals surface area contributed by atoms with Crippen molar-refractivity contribution in [1.82, 2.24) is 4.72 Å². The van der Waals surface area contributed by atoms with Crippen molar-refractivity contribution < 1.29 is 23.1 Å². The highest BCUT2D eigenvalue weighted by molar-refractivity contribution is 7.89. The number of ether oxygens (including phenoxy) is 1. The van der Waals surface area contributed by atoms with Gasteiger partial charge < -0.3 is 9.84 Å². The van der Waals surface area contributed by atoms with E-state index in [0.29, 0.717) is 6.42 Å². The fourth-order valence-electron chi connectivity index (χ4n) is 2.08. The van der Waals surface area contributed by atoms with Crippen LogP contribution in [0.1, 0.15) is 15.9 Å². The fraction of sp³-hybridized carbons (Fsp3) is 0.188. The van der Waals surface area contributed by atoms with Crippen LogP contribution in [0.4, 0.5) is 0 Å². The van der Waals surface area contributed by atoms with Gasteiger partial charge in [-0.25, -0.2) is 17.9 Å². The molecule has 0 atom stereocenters. The number of rotatable bonds is 7. The molecular weight excluding hydrogens is 318 g/mol. The molecule has 0 aromatic heterocycles. The quantitative estimate of drug-likeness (QED) is 0.806. The van der Waals surface area contributed by atoms with Crippen LogP contribution in [0.2, 0.25) is 0 Å². The lowest BCUT2D eigenvalue weighted by Crippen LogP contribution is -2.26. The van der Waals surface area contributed by atoms with Gasteiger partial charge in [-0.2, -0.15) is 0 Å². The van der Waals surface area contributed by atoms with Gasteiger partial charge in [-0.05, 0) is 30.2 Å². The summed E-state index contributed by atoms with van der Waals surface area (Å²) in [7, 11) is -2.45. The van der Waals surface area contributed by atoms with E-state index < -0.39 is 16.0 Å². The number of sulfonamides is 1. The number of benzene rings is 2. The van der Waals surface area contributed by atoms with Crippen molar-refractivity contribution in [3.05, 3.63) is 59.7 Å². The van der Waals surface area contributed by atoms with E-state index in [-0.39, 0.29) is 22.8 Å². The Bertz CT molecular complexity index is 787. The molecule has 0 fully saturated rings. The average molecular weight is 335 g/mol. The smallest absolute Gasteiger partial charge is 0.339 e. The Labute approximate surface area is 134 Å². The number of methoxy groups -OCH3 is 1. The lowest BCUT2D eigenvalue weighted by molar-refractivity contribution is 0.0693. The minimum atomic E-state index is -3.78. The number of hydrogen-bond donors (Lipinski definition) is 2. The minimum Gasteiger partial charge on any atom is -0.496 e. The number of nitrogens with one attached hydrogen (secondary N) is 1. The van der Waals surface area contributed by atoms with E-state index in [1.54, 1.807) is 0 Å². The molecule has 6 nitrogen and oxygen atoms in total. The number of carboxylic acid groups (broad SMARTS) is 1. The maximum absolute atomic E-state index is 12.3. The van der Waals surface area contributed by atoms with Gasteiger partial charge in [0.1, 0.15) is 11.3 Å². The van der Waals surface area contributed by atoms with E-state index in [0.717, 1.165) is 11.6 Å². The molecular formula is C16H17NO5S. The first kappa shape index (κ1) is 17.0. The first-order valence-corrected chi connectivity index (χ1v) is 8.37. The van der Waals surface area contributed by atoms with Crippen molar-refractivity contribution in [3.63, 3.8) is 0 Å². The molecule has 0 spiro atoms. The third kappa shape index (κ3) is 4.30. The third-order valence-corrected chi connectivity index (χ3v) is 4.72. The molecule has 0 unspecified atom stereocenters. The maximum Gasteiger partial charge on any atom is 0.339 e. The predicted octanol–water partition coefficient (Wildman–Crippen LogP) is 1.91. The first-order valence-electron chi connectivity index (χ1n) is 6.89. The molecule has 23 heavy (non-hydrogen) atoms. The number of carboxylic acids is 1. The Hall–Kier alpha value is -2.38. The zero-order valence-electron chi connectivity index (χ0n) is 12.5. The highest BCUT2D eigenvalue weighted by Gasteiger charge is 2.19. The molecule has 7 heteroatoms. The Morgan fingerprint density at radius 1 is 1.17 bits per heavy atom. The molecule has 2 N–H and O–H groups in total. The van der Waals surface area contributed by atoms with Crippen LogP contribution in [0.25, 0.3) is 0 Å². The molecule has 0 radical (unpaired) electrons. The molecule has 2 aromatic rings. The second-order valence-electron chi connectivity index (χ2n) is 4.80. The van der Waals surface area contributed by atoms with Gasteiger partial charge in [0.05, 0.1) is 12.0 Å². The van der Waals surface area contributed by atoms with E-state index in [1.807, 2.05) is 30.3 Å². The molecule has 0 amide bonds. The SMILES string of the molecule is COc1ccc(S(=O)(=O)NCCc2ccccc2)cc1C(=O)O. The van der Waals surface area contributed by atoms with Gasteiger partial charge in [-0.1, -0.05) is 30.3 Å². The highest BCUT2D eigenvalue weighted by atomic mass is 32.2. The Morgan fingerprint density at radius 3 is 2.48 bits per heavy atom. The molecule has 0 aliphatic heterocycles. The second-order valence-corrected chi connectivity index (χ2v) is 6.57. The average Bonchev–Trinajstić information content (AvgIpc) is 2.55. The summed E-state index contributed by atoms with van der Waals surface area (Å²) < 4.78 is 31.9. The highest BCUT2D eigenvalue weighted by Crippen LogP contribution is 2.22. The Morgan fingerprint density at radius 2 is 1.87 bits per heavy atom. The Balaban J connectivity index is 2.13. The Kier molecular flexibility index (Phi) is 5.36. The lowest BCUT2D eigenvalue weighted by atomic mass is 10.2. The van der Waals surface area contributed by atoms with Crippen molar-refractivity contribution in [2.24, 2.45) is 0 Å². The fourth-order valence-corrected chi connectivity index (χ4v) is 3.14. The van der Waals surface area contributed by atoms with Crippen LogP contribution >= 0.6 is 0 Å². The largest absolute Gasteiger partial charge is 0.496 e. The summed E-state index contributed by atoms with van der Waals surface area (Å²) in [4.78, 5) is 11.1. The van der Waals surface area contributed by atoms with E-state index in [9.17, 15) is 13.2 Å². The van der Waals surface area contributed by atoms with Gasteiger partial charge in [-0.3, -0.25) is 0 Å². The van der Waals surface area contributed by atoms with Crippen LogP contribution in [0.15, 0.2) is 53.4 Å². The zero-order chi connectivity index (χ0) is 16.9. The monoisotopic (exact) mass is 335 g/mol. The molecule has 0 saturated carbocycles. The van der Waals surface area contributed by atoms with Gasteiger partial charge in [0.15, 0.2) is 0 Å². The summed E-state index contributed by atoms with van der Waals surface area (Å²) in [6.07, 6.45) is 0.544. The van der Waals surface area contributed by atoms with Gasteiger partial charge in [0.25, 0.3) is 0 Å². The van der Waals surface area contributed by atoms with Crippen LogP contribution in [0.5, 0.6) is 5.75 Å². The topological polar surface area (TPSA) is 92.7 Å². The molecule has 2 rings (SSSR count). The molecule has 0 bridgehead atoms. The first-order chi connectivity index (χ1) is 10.9. The van der Waals surface area contributed by atoms with Crippen LogP contribution in [0.3, 0.4) is 0 Å². The lowest BCUT2D eigenvalue weighted by Gasteiger charge is -2.10. The maximum atomic E-state index is 12.3. The van der Waals surface area contributed by atoms with Crippen molar-refractivity contribution >= 4 is 16.0 Å². The van der Waals surface area contributed by atoms with E-state index in [4.69, 9.17) is 9.84 Å². The molecule has 122 valence electrons. The van der Waals surface area contributed by atoms with Crippen LogP contribution in [-0.2, 0) is 16.4 Å². The second kappa shape index (κ2) is 7.26. The number of hydrogen-bond acceptors (Lipinski definition) is 4. The van der Waals surface area contributed by atoms with E-state index >= 15 is 0 Å².